The van der Waals surface area contributed by atoms with Gasteiger partial charge in [-0.25, -0.2) is 0 Å². The number of carbonyl (C=O) groups is 1. The Balaban J connectivity index is 1.76. The van der Waals surface area contributed by atoms with Crippen molar-refractivity contribution in [2.24, 2.45) is 10.2 Å². The number of nitrogens with one attached hydrogen (secondary N) is 1. The lowest BCUT2D eigenvalue weighted by Crippen LogP contribution is -2.54. The van der Waals surface area contributed by atoms with E-state index in [0.717, 1.165) is 16.8 Å². The van der Waals surface area contributed by atoms with E-state index >= 15 is 0 Å². The maximum Gasteiger partial charge on any atom is 0.270 e. The molecule has 0 spiro atoms. The van der Waals surface area contributed by atoms with Gasteiger partial charge in [-0.2, -0.15) is 5.10 Å². The van der Waals surface area contributed by atoms with Gasteiger partial charge in [0.15, 0.2) is 5.84 Å². The van der Waals surface area contributed by atoms with Crippen LogP contribution in [0.1, 0.15) is 21.5 Å². The van der Waals surface area contributed by atoms with Crippen molar-refractivity contribution in [2.75, 3.05) is 6.54 Å². The lowest BCUT2D eigenvalue weighted by Gasteiger charge is -2.33. The fourth-order valence-electron chi connectivity index (χ4n) is 2.56. The minimum absolute atomic E-state index is 0.132. The molecule has 0 fully saturated rings. The monoisotopic (exact) mass is 310 g/mol. The van der Waals surface area contributed by atoms with Crippen LogP contribution in [0.5, 0.6) is 0 Å². The van der Waals surface area contributed by atoms with E-state index in [1.54, 1.807) is 11.1 Å². The molecule has 0 unspecified atom stereocenters. The molecule has 2 aromatic rings. The van der Waals surface area contributed by atoms with Crippen LogP contribution in [0.3, 0.4) is 0 Å². The number of fused-ring (bicyclic) bond motifs is 3. The summed E-state index contributed by atoms with van der Waals surface area (Å²) in [6.45, 7) is 0.459. The lowest BCUT2D eigenvalue weighted by atomic mass is 10.0. The van der Waals surface area contributed by atoms with E-state index in [0.29, 0.717) is 23.0 Å². The number of amidine groups is 1. The van der Waals surface area contributed by atoms with Gasteiger partial charge < -0.3 is 0 Å². The zero-order valence-electron chi connectivity index (χ0n) is 11.5. The predicted octanol–water partition coefficient (Wildman–Crippen LogP) is 2.46. The Hall–Kier alpha value is -2.66. The fraction of sp³-hybridized carbons (Fsp3) is 0.0625. The van der Waals surface area contributed by atoms with Crippen molar-refractivity contribution in [3.8, 4) is 0 Å². The summed E-state index contributed by atoms with van der Waals surface area (Å²) < 4.78 is 0. The summed E-state index contributed by atoms with van der Waals surface area (Å²) in [6.07, 6.45) is 0. The Morgan fingerprint density at radius 3 is 2.50 bits per heavy atom. The molecule has 6 heteroatoms. The van der Waals surface area contributed by atoms with E-state index in [9.17, 15) is 4.79 Å². The molecule has 0 aromatic heterocycles. The van der Waals surface area contributed by atoms with Crippen LogP contribution in [0.2, 0.25) is 5.02 Å². The number of hydrazine groups is 1. The normalized spacial score (nSPS) is 16.2. The van der Waals surface area contributed by atoms with Gasteiger partial charge in [-0.1, -0.05) is 41.9 Å². The molecule has 2 aromatic carbocycles. The highest BCUT2D eigenvalue weighted by Gasteiger charge is 2.30. The molecule has 0 saturated carbocycles. The summed E-state index contributed by atoms with van der Waals surface area (Å²) in [6, 6.07) is 14.8. The van der Waals surface area contributed by atoms with E-state index in [1.165, 1.54) is 0 Å². The molecule has 0 aliphatic carbocycles. The van der Waals surface area contributed by atoms with Crippen LogP contribution in [0.15, 0.2) is 58.7 Å². The Labute approximate surface area is 131 Å². The highest BCUT2D eigenvalue weighted by Crippen LogP contribution is 2.20. The summed E-state index contributed by atoms with van der Waals surface area (Å²) in [5, 5.41) is 11.0. The quantitative estimate of drug-likeness (QED) is 0.879. The van der Waals surface area contributed by atoms with Crippen molar-refractivity contribution in [1.29, 1.82) is 0 Å². The summed E-state index contributed by atoms with van der Waals surface area (Å²) in [5.74, 6) is 0.528. The number of halogens is 1. The Bertz CT molecular complexity index is 826. The fourth-order valence-corrected chi connectivity index (χ4v) is 2.69. The lowest BCUT2D eigenvalue weighted by molar-refractivity contribution is 0.0869. The topological polar surface area (TPSA) is 57.1 Å². The Kier molecular flexibility index (Phi) is 2.94. The molecule has 4 rings (SSSR count). The highest BCUT2D eigenvalue weighted by molar-refractivity contribution is 6.30. The molecule has 0 saturated heterocycles. The van der Waals surface area contributed by atoms with Gasteiger partial charge in [0.25, 0.3) is 5.91 Å². The average molecular weight is 311 g/mol. The SMILES string of the molecule is O=C1NN2CC(c3ccc(Cl)cc3)=NN=C2c2ccccc21. The first-order valence-corrected chi connectivity index (χ1v) is 7.18. The number of nitrogens with zero attached hydrogens (tertiary/aromatic N) is 3. The van der Waals surface area contributed by atoms with Crippen LogP contribution >= 0.6 is 11.6 Å². The van der Waals surface area contributed by atoms with Crippen LogP contribution in [0.4, 0.5) is 0 Å². The molecular formula is C16H11ClN4O. The minimum Gasteiger partial charge on any atom is -0.267 e. The number of amides is 1. The average Bonchev–Trinajstić information content (AvgIpc) is 2.55. The highest BCUT2D eigenvalue weighted by atomic mass is 35.5. The first kappa shape index (κ1) is 13.0. The smallest absolute Gasteiger partial charge is 0.267 e. The van der Waals surface area contributed by atoms with Gasteiger partial charge in [0, 0.05) is 10.6 Å². The van der Waals surface area contributed by atoms with Crippen LogP contribution in [0, 0.1) is 0 Å². The number of carbonyl (C=O) groups excluding carboxylic acids is 1. The molecule has 0 radical (unpaired) electrons. The summed E-state index contributed by atoms with van der Waals surface area (Å²) in [7, 11) is 0. The maximum atomic E-state index is 12.2. The van der Waals surface area contributed by atoms with Crippen molar-refractivity contribution in [2.45, 2.75) is 0 Å². The number of hydrogen-bond acceptors (Lipinski definition) is 4. The number of rotatable bonds is 1. The molecule has 2 heterocycles. The van der Waals surface area contributed by atoms with Crippen LogP contribution in [-0.4, -0.2) is 29.0 Å². The predicted molar refractivity (Wildman–Crippen MR) is 85.1 cm³/mol. The number of hydrogen-bond donors (Lipinski definition) is 1. The van der Waals surface area contributed by atoms with E-state index in [1.807, 2.05) is 42.5 Å². The summed E-state index contributed by atoms with van der Waals surface area (Å²) >= 11 is 5.90. The van der Waals surface area contributed by atoms with Crippen LogP contribution in [0.25, 0.3) is 0 Å². The van der Waals surface area contributed by atoms with Crippen molar-refractivity contribution < 1.29 is 4.79 Å². The Morgan fingerprint density at radius 1 is 1.00 bits per heavy atom. The van der Waals surface area contributed by atoms with Gasteiger partial charge >= 0.3 is 0 Å². The zero-order chi connectivity index (χ0) is 15.1. The molecule has 0 bridgehead atoms. The standard InChI is InChI=1S/C16H11ClN4O/c17-11-7-5-10(6-8-11)14-9-21-15(19-18-14)12-3-1-2-4-13(12)16(22)20-21/h1-8H,9H2,(H,20,22). The second-order valence-corrected chi connectivity index (χ2v) is 5.49. The zero-order valence-corrected chi connectivity index (χ0v) is 12.2. The van der Waals surface area contributed by atoms with Crippen molar-refractivity contribution in [3.05, 3.63) is 70.2 Å². The van der Waals surface area contributed by atoms with Crippen molar-refractivity contribution in [3.63, 3.8) is 0 Å². The second-order valence-electron chi connectivity index (χ2n) is 5.05. The maximum absolute atomic E-state index is 12.2. The summed E-state index contributed by atoms with van der Waals surface area (Å²) in [4.78, 5) is 12.2. The van der Waals surface area contributed by atoms with Gasteiger partial charge in [-0.05, 0) is 23.8 Å². The minimum atomic E-state index is -0.132. The van der Waals surface area contributed by atoms with Gasteiger partial charge in [0.05, 0.1) is 17.8 Å². The molecular weight excluding hydrogens is 300 g/mol. The molecule has 2 aliphatic heterocycles. The second kappa shape index (κ2) is 4.96. The third-order valence-electron chi connectivity index (χ3n) is 3.66. The molecule has 5 nitrogen and oxygen atoms in total. The van der Waals surface area contributed by atoms with E-state index in [4.69, 9.17) is 11.6 Å². The van der Waals surface area contributed by atoms with Gasteiger partial charge in [-0.15, -0.1) is 5.10 Å². The van der Waals surface area contributed by atoms with Crippen molar-refractivity contribution >= 4 is 29.1 Å². The first-order chi connectivity index (χ1) is 10.7. The van der Waals surface area contributed by atoms with E-state index < -0.39 is 0 Å². The Morgan fingerprint density at radius 2 is 1.73 bits per heavy atom. The number of benzene rings is 2. The largest absolute Gasteiger partial charge is 0.270 e. The molecule has 1 N–H and O–H groups in total. The molecule has 108 valence electrons. The summed E-state index contributed by atoms with van der Waals surface area (Å²) in [5.41, 5.74) is 5.96. The molecule has 1 amide bonds. The third-order valence-corrected chi connectivity index (χ3v) is 3.91. The van der Waals surface area contributed by atoms with Crippen LogP contribution in [-0.2, 0) is 0 Å². The first-order valence-electron chi connectivity index (χ1n) is 6.81. The third kappa shape index (κ3) is 2.07. The molecule has 22 heavy (non-hydrogen) atoms. The van der Waals surface area contributed by atoms with Gasteiger partial charge in [-0.3, -0.25) is 15.2 Å². The molecule has 0 atom stereocenters. The van der Waals surface area contributed by atoms with Crippen LogP contribution < -0.4 is 5.43 Å². The van der Waals surface area contributed by atoms with E-state index in [-0.39, 0.29) is 5.91 Å². The van der Waals surface area contributed by atoms with Gasteiger partial charge in [0.1, 0.15) is 0 Å². The molecule has 2 aliphatic rings. The van der Waals surface area contributed by atoms with E-state index in [2.05, 4.69) is 15.6 Å². The van der Waals surface area contributed by atoms with Gasteiger partial charge in [0.2, 0.25) is 0 Å². The van der Waals surface area contributed by atoms with Crippen molar-refractivity contribution in [1.82, 2.24) is 10.4 Å².